The molecule has 1 rings (SSSR count). The Bertz CT molecular complexity index is 757. The number of hydrogen-bond acceptors (Lipinski definition) is 4. The Morgan fingerprint density at radius 3 is 1.27 bits per heavy atom. The zero-order valence-corrected chi connectivity index (χ0v) is 22.2. The third-order valence-electron chi connectivity index (χ3n) is 6.07. The monoisotopic (exact) mass is 576 g/mol. The van der Waals surface area contributed by atoms with Gasteiger partial charge in [-0.25, -0.2) is 15.7 Å². The van der Waals surface area contributed by atoms with E-state index in [4.69, 9.17) is 0 Å². The van der Waals surface area contributed by atoms with E-state index in [2.05, 4.69) is 6.92 Å². The summed E-state index contributed by atoms with van der Waals surface area (Å²) in [5.74, 6) is -2.81. The summed E-state index contributed by atoms with van der Waals surface area (Å²) >= 11 is -4.25. The van der Waals surface area contributed by atoms with Crippen molar-refractivity contribution >= 4 is 31.7 Å². The average Bonchev–Trinajstić information content (AvgIpc) is 2.77. The van der Waals surface area contributed by atoms with Crippen LogP contribution in [0.3, 0.4) is 0 Å². The van der Waals surface area contributed by atoms with E-state index in [-0.39, 0.29) is 0 Å². The quantitative estimate of drug-likeness (QED) is 0.120. The first-order chi connectivity index (χ1) is 15.9. The molecular formula is C26H41IO6. The minimum Gasteiger partial charge on any atom is -0.478 e. The SMILES string of the molecule is CCCCCCCCCCCCCCCCCCc1cc(C(=O)O)c(I(=O)=O)c(C(=O)O)c1. The molecule has 0 aliphatic rings. The lowest BCUT2D eigenvalue weighted by atomic mass is 10.00. The Morgan fingerprint density at radius 1 is 0.636 bits per heavy atom. The Labute approximate surface area is 205 Å². The van der Waals surface area contributed by atoms with Crippen molar-refractivity contribution in [3.8, 4) is 0 Å². The van der Waals surface area contributed by atoms with Gasteiger partial charge in [0.2, 0.25) is 0 Å². The molecular weight excluding hydrogens is 535 g/mol. The van der Waals surface area contributed by atoms with Crippen LogP contribution in [-0.2, 0) is 12.6 Å². The summed E-state index contributed by atoms with van der Waals surface area (Å²) in [6.07, 6.45) is 20.7. The first-order valence-electron chi connectivity index (χ1n) is 12.6. The maximum absolute atomic E-state index is 11.5. The molecule has 0 amide bonds. The molecule has 0 spiro atoms. The number of halogens is 1. The van der Waals surface area contributed by atoms with E-state index in [0.717, 1.165) is 19.3 Å². The standard InChI is InChI=1S/C26H41IO6/c1-2-3-4-5-6-7-8-9-10-11-12-13-14-15-16-17-18-21-19-22(25(28)29)24(27(32)33)23(20-21)26(30)31/h19-20H,2-18H2,1H3,(H,28,29)(H,30,31). The van der Waals surface area contributed by atoms with Gasteiger partial charge < -0.3 is 10.2 Å². The highest BCUT2D eigenvalue weighted by atomic mass is 127. The van der Waals surface area contributed by atoms with Crippen LogP contribution in [0.2, 0.25) is 0 Å². The van der Waals surface area contributed by atoms with Gasteiger partial charge in [-0.1, -0.05) is 103 Å². The van der Waals surface area contributed by atoms with E-state index in [0.29, 0.717) is 12.0 Å². The summed E-state index contributed by atoms with van der Waals surface area (Å²) < 4.78 is 22.4. The van der Waals surface area contributed by atoms with Gasteiger partial charge in [0, 0.05) is 0 Å². The first-order valence-corrected chi connectivity index (χ1v) is 15.4. The molecule has 188 valence electrons. The van der Waals surface area contributed by atoms with Crippen LogP contribution in [0.4, 0.5) is 0 Å². The van der Waals surface area contributed by atoms with E-state index in [1.807, 2.05) is 0 Å². The van der Waals surface area contributed by atoms with Crippen molar-refractivity contribution in [2.45, 2.75) is 116 Å². The molecule has 1 aromatic carbocycles. The van der Waals surface area contributed by atoms with Crippen molar-refractivity contribution in [3.63, 3.8) is 0 Å². The molecule has 7 heteroatoms. The summed E-state index contributed by atoms with van der Waals surface area (Å²) in [4.78, 5) is 22.9. The molecule has 0 bridgehead atoms. The average molecular weight is 577 g/mol. The molecule has 0 fully saturated rings. The minimum absolute atomic E-state index is 0.420. The molecule has 0 unspecified atom stereocenters. The molecule has 0 aromatic heterocycles. The number of aromatic carboxylic acids is 2. The second-order valence-corrected chi connectivity index (χ2v) is 11.2. The fourth-order valence-electron chi connectivity index (χ4n) is 4.18. The number of unbranched alkanes of at least 4 members (excludes halogenated alkanes) is 15. The van der Waals surface area contributed by atoms with Crippen LogP contribution in [0.1, 0.15) is 136 Å². The normalized spacial score (nSPS) is 11.2. The van der Waals surface area contributed by atoms with Crippen LogP contribution < -0.4 is 0 Å². The van der Waals surface area contributed by atoms with Gasteiger partial charge in [-0.3, -0.25) is 0 Å². The Balaban J connectivity index is 2.20. The van der Waals surface area contributed by atoms with Crippen molar-refractivity contribution in [1.29, 1.82) is 0 Å². The Hall–Kier alpha value is -1.51. The van der Waals surface area contributed by atoms with Crippen molar-refractivity contribution < 1.29 is 25.9 Å². The molecule has 0 saturated heterocycles. The van der Waals surface area contributed by atoms with Crippen molar-refractivity contribution in [2.75, 3.05) is 0 Å². The van der Waals surface area contributed by atoms with Crippen LogP contribution in [-0.4, -0.2) is 22.2 Å². The van der Waals surface area contributed by atoms with E-state index in [1.165, 1.54) is 95.6 Å². The summed E-state index contributed by atoms with van der Waals surface area (Å²) in [6, 6.07) is 2.63. The van der Waals surface area contributed by atoms with E-state index in [9.17, 15) is 25.9 Å². The van der Waals surface area contributed by atoms with E-state index < -0.39 is 46.4 Å². The summed E-state index contributed by atoms with van der Waals surface area (Å²) in [7, 11) is 0. The predicted molar refractivity (Wildman–Crippen MR) is 138 cm³/mol. The molecule has 0 aliphatic carbocycles. The topological polar surface area (TPSA) is 109 Å². The van der Waals surface area contributed by atoms with Crippen molar-refractivity contribution in [2.24, 2.45) is 0 Å². The predicted octanol–water partition coefficient (Wildman–Crippen LogP) is 8.25. The maximum Gasteiger partial charge on any atom is 0.342 e. The lowest BCUT2D eigenvalue weighted by molar-refractivity contribution is 0.0695. The number of benzene rings is 1. The fourth-order valence-corrected chi connectivity index (χ4v) is 5.91. The number of hydrogen-bond donors (Lipinski definition) is 2. The third-order valence-corrected chi connectivity index (χ3v) is 8.11. The molecule has 1 aromatic rings. The van der Waals surface area contributed by atoms with E-state index in [1.54, 1.807) is 0 Å². The van der Waals surface area contributed by atoms with Gasteiger partial charge in [-0.2, -0.15) is 0 Å². The highest BCUT2D eigenvalue weighted by molar-refractivity contribution is 14.2. The second kappa shape index (κ2) is 17.9. The number of carboxylic acid groups (broad SMARTS) is 2. The largest absolute Gasteiger partial charge is 0.478 e. The van der Waals surface area contributed by atoms with Crippen LogP contribution in [0, 0.1) is 3.57 Å². The summed E-state index contributed by atoms with van der Waals surface area (Å²) in [5.41, 5.74) is -0.273. The zero-order chi connectivity index (χ0) is 24.5. The number of carboxylic acids is 2. The van der Waals surface area contributed by atoms with Gasteiger partial charge in [0.25, 0.3) is 0 Å². The van der Waals surface area contributed by atoms with Crippen molar-refractivity contribution in [3.05, 3.63) is 32.4 Å². The van der Waals surface area contributed by atoms with Crippen molar-refractivity contribution in [1.82, 2.24) is 0 Å². The second-order valence-electron chi connectivity index (χ2n) is 8.89. The molecule has 0 heterocycles. The van der Waals surface area contributed by atoms with Crippen LogP contribution in [0.25, 0.3) is 0 Å². The van der Waals surface area contributed by atoms with Crippen LogP contribution >= 0.6 is 19.8 Å². The molecule has 0 atom stereocenters. The molecule has 6 nitrogen and oxygen atoms in total. The molecule has 0 saturated carbocycles. The van der Waals surface area contributed by atoms with Crippen LogP contribution in [0.5, 0.6) is 0 Å². The van der Waals surface area contributed by atoms with E-state index >= 15 is 0 Å². The Morgan fingerprint density at radius 2 is 0.970 bits per heavy atom. The third kappa shape index (κ3) is 12.5. The van der Waals surface area contributed by atoms with Gasteiger partial charge in [0.15, 0.2) is 0 Å². The van der Waals surface area contributed by atoms with Gasteiger partial charge in [0.05, 0.1) is 11.1 Å². The smallest absolute Gasteiger partial charge is 0.342 e. The number of rotatable bonds is 20. The summed E-state index contributed by atoms with van der Waals surface area (Å²) in [6.45, 7) is 2.25. The fraction of sp³-hybridized carbons (Fsp3) is 0.692. The van der Waals surface area contributed by atoms with Gasteiger partial charge >= 0.3 is 31.7 Å². The van der Waals surface area contributed by atoms with Gasteiger partial charge in [-0.05, 0) is 30.5 Å². The van der Waals surface area contributed by atoms with Gasteiger partial charge in [0.1, 0.15) is 3.57 Å². The molecule has 33 heavy (non-hydrogen) atoms. The Kier molecular flexibility index (Phi) is 16.0. The highest BCUT2D eigenvalue weighted by Crippen LogP contribution is 2.28. The minimum atomic E-state index is -4.25. The lowest BCUT2D eigenvalue weighted by Gasteiger charge is -2.08. The number of aryl methyl sites for hydroxylation is 1. The zero-order valence-electron chi connectivity index (χ0n) is 20.1. The molecule has 0 aliphatic heterocycles. The maximum atomic E-state index is 11.5. The molecule has 0 radical (unpaired) electrons. The van der Waals surface area contributed by atoms with Gasteiger partial charge in [-0.15, -0.1) is 0 Å². The van der Waals surface area contributed by atoms with Crippen LogP contribution in [0.15, 0.2) is 12.1 Å². The number of carbonyl (C=O) groups is 2. The summed E-state index contributed by atoms with van der Waals surface area (Å²) in [5, 5.41) is 18.6. The molecule has 2 N–H and O–H groups in total. The lowest BCUT2D eigenvalue weighted by Crippen LogP contribution is -2.10. The first kappa shape index (κ1) is 29.5. The highest BCUT2D eigenvalue weighted by Gasteiger charge is 2.23.